The van der Waals surface area contributed by atoms with Crippen LogP contribution in [-0.2, 0) is 11.3 Å². The molecule has 0 aromatic heterocycles. The molecule has 2 nitrogen and oxygen atoms in total. The quantitative estimate of drug-likeness (QED) is 0.573. The summed E-state index contributed by atoms with van der Waals surface area (Å²) < 4.78 is 36.9. The maximum atomic E-state index is 12.3. The number of carbonyl (C=O) groups is 1. The summed E-state index contributed by atoms with van der Waals surface area (Å²) >= 11 is -0.0859. The summed E-state index contributed by atoms with van der Waals surface area (Å²) in [7, 11) is 0. The molecule has 124 valence electrons. The summed E-state index contributed by atoms with van der Waals surface area (Å²) in [5.74, 6) is 1.81. The number of halogens is 3. The SMILES string of the molecule is C=CC(=O)CC1[C@H]2CN(Cc3ccc(SC(F)(F)F)cc3)C[C@@H]12. The first kappa shape index (κ1) is 16.6. The monoisotopic (exact) mass is 341 g/mol. The van der Waals surface area contributed by atoms with Crippen LogP contribution in [0.2, 0.25) is 0 Å². The van der Waals surface area contributed by atoms with E-state index in [0.717, 1.165) is 25.2 Å². The van der Waals surface area contributed by atoms with Gasteiger partial charge in [-0.1, -0.05) is 18.7 Å². The molecule has 3 rings (SSSR count). The molecule has 3 atom stereocenters. The number of carbonyl (C=O) groups excluding carboxylic acids is 1. The molecule has 2 fully saturated rings. The molecule has 6 heteroatoms. The molecule has 0 radical (unpaired) electrons. The minimum Gasteiger partial charge on any atom is -0.298 e. The van der Waals surface area contributed by atoms with Crippen molar-refractivity contribution in [2.75, 3.05) is 13.1 Å². The van der Waals surface area contributed by atoms with Gasteiger partial charge in [-0.15, -0.1) is 0 Å². The maximum Gasteiger partial charge on any atom is 0.446 e. The van der Waals surface area contributed by atoms with E-state index in [4.69, 9.17) is 0 Å². The Morgan fingerprint density at radius 1 is 1.26 bits per heavy atom. The second kappa shape index (κ2) is 6.32. The van der Waals surface area contributed by atoms with E-state index in [2.05, 4.69) is 11.5 Å². The molecule has 0 N–H and O–H groups in total. The predicted octanol–water partition coefficient (Wildman–Crippen LogP) is 4.12. The predicted molar refractivity (Wildman–Crippen MR) is 83.9 cm³/mol. The number of likely N-dealkylation sites (tertiary alicyclic amines) is 1. The molecule has 1 aliphatic carbocycles. The molecule has 1 heterocycles. The maximum absolute atomic E-state index is 12.3. The highest BCUT2D eigenvalue weighted by atomic mass is 32.2. The second-order valence-electron chi connectivity index (χ2n) is 6.25. The number of ketones is 1. The van der Waals surface area contributed by atoms with Crippen molar-refractivity contribution in [3.05, 3.63) is 42.5 Å². The third kappa shape index (κ3) is 4.18. The van der Waals surface area contributed by atoms with E-state index in [1.54, 1.807) is 12.1 Å². The molecule has 1 aliphatic heterocycles. The number of piperidine rings is 1. The van der Waals surface area contributed by atoms with Crippen LogP contribution in [0.5, 0.6) is 0 Å². The smallest absolute Gasteiger partial charge is 0.298 e. The lowest BCUT2D eigenvalue weighted by molar-refractivity contribution is -0.115. The number of alkyl halides is 3. The summed E-state index contributed by atoms with van der Waals surface area (Å²) in [5, 5.41) is 0. The first-order valence-electron chi connectivity index (χ1n) is 7.58. The topological polar surface area (TPSA) is 20.3 Å². The zero-order valence-electron chi connectivity index (χ0n) is 12.6. The lowest BCUT2D eigenvalue weighted by Gasteiger charge is -2.19. The molecule has 1 aromatic rings. The zero-order chi connectivity index (χ0) is 16.6. The third-order valence-electron chi connectivity index (χ3n) is 4.67. The summed E-state index contributed by atoms with van der Waals surface area (Å²) in [6.07, 6.45) is 2.00. The Hall–Kier alpha value is -1.27. The van der Waals surface area contributed by atoms with Crippen LogP contribution in [0.15, 0.2) is 41.8 Å². The molecular formula is C17H18F3NOS. The van der Waals surface area contributed by atoms with Crippen molar-refractivity contribution < 1.29 is 18.0 Å². The van der Waals surface area contributed by atoms with E-state index in [0.29, 0.717) is 24.2 Å². The van der Waals surface area contributed by atoms with Crippen molar-refractivity contribution in [3.63, 3.8) is 0 Å². The van der Waals surface area contributed by atoms with Crippen LogP contribution >= 0.6 is 11.8 Å². The Balaban J connectivity index is 1.47. The lowest BCUT2D eigenvalue weighted by Crippen LogP contribution is -2.24. The Bertz CT molecular complexity index is 587. The van der Waals surface area contributed by atoms with Crippen molar-refractivity contribution in [2.45, 2.75) is 23.4 Å². The van der Waals surface area contributed by atoms with Crippen LogP contribution in [0.3, 0.4) is 0 Å². The van der Waals surface area contributed by atoms with Crippen LogP contribution in [0.1, 0.15) is 12.0 Å². The third-order valence-corrected chi connectivity index (χ3v) is 5.41. The number of benzene rings is 1. The Labute approximate surface area is 137 Å². The van der Waals surface area contributed by atoms with Crippen molar-refractivity contribution in [1.82, 2.24) is 4.90 Å². The summed E-state index contributed by atoms with van der Waals surface area (Å²) in [5.41, 5.74) is -3.22. The minimum absolute atomic E-state index is 0.0859. The van der Waals surface area contributed by atoms with Crippen LogP contribution in [-0.4, -0.2) is 29.3 Å². The van der Waals surface area contributed by atoms with Crippen LogP contribution < -0.4 is 0 Å². The van der Waals surface area contributed by atoms with Gasteiger partial charge in [0.25, 0.3) is 0 Å². The van der Waals surface area contributed by atoms with Gasteiger partial charge in [0.05, 0.1) is 0 Å². The number of fused-ring (bicyclic) bond motifs is 1. The summed E-state index contributed by atoms with van der Waals surface area (Å²) in [6, 6.07) is 6.57. The van der Waals surface area contributed by atoms with Crippen molar-refractivity contribution in [2.24, 2.45) is 17.8 Å². The Kier molecular flexibility index (Phi) is 4.56. The molecule has 1 aromatic carbocycles. The molecule has 1 saturated heterocycles. The molecule has 0 spiro atoms. The van der Waals surface area contributed by atoms with E-state index in [1.807, 2.05) is 0 Å². The van der Waals surface area contributed by atoms with Gasteiger partial charge in [-0.05, 0) is 53.3 Å². The van der Waals surface area contributed by atoms with Gasteiger partial charge in [0.1, 0.15) is 0 Å². The van der Waals surface area contributed by atoms with Crippen molar-refractivity contribution >= 4 is 17.5 Å². The van der Waals surface area contributed by atoms with Gasteiger partial charge < -0.3 is 0 Å². The standard InChI is InChI=1S/C17H18F3NOS/c1-2-12(22)7-14-15-9-21(10-16(14)15)8-11-3-5-13(6-4-11)23-17(18,19)20/h2-6,14-16H,1,7-10H2/t14?,15-,16+. The molecule has 2 aliphatic rings. The minimum atomic E-state index is -4.24. The van der Waals surface area contributed by atoms with Crippen LogP contribution in [0, 0.1) is 17.8 Å². The highest BCUT2D eigenvalue weighted by Crippen LogP contribution is 2.53. The number of rotatable bonds is 6. The highest BCUT2D eigenvalue weighted by molar-refractivity contribution is 8.00. The second-order valence-corrected chi connectivity index (χ2v) is 7.39. The average Bonchev–Trinajstić information content (AvgIpc) is 2.92. The number of thioether (sulfide) groups is 1. The zero-order valence-corrected chi connectivity index (χ0v) is 13.4. The summed E-state index contributed by atoms with van der Waals surface area (Å²) in [6.45, 7) is 6.20. The Morgan fingerprint density at radius 2 is 1.87 bits per heavy atom. The molecule has 1 saturated carbocycles. The van der Waals surface area contributed by atoms with Crippen molar-refractivity contribution in [1.29, 1.82) is 0 Å². The molecule has 0 amide bonds. The van der Waals surface area contributed by atoms with Gasteiger partial charge in [-0.2, -0.15) is 13.2 Å². The first-order valence-corrected chi connectivity index (χ1v) is 8.39. The fourth-order valence-corrected chi connectivity index (χ4v) is 4.08. The van der Waals surface area contributed by atoms with Gasteiger partial charge >= 0.3 is 5.51 Å². The number of nitrogens with zero attached hydrogens (tertiary/aromatic N) is 1. The fourth-order valence-electron chi connectivity index (χ4n) is 3.54. The first-order chi connectivity index (χ1) is 10.9. The van der Waals surface area contributed by atoms with Gasteiger partial charge in [-0.3, -0.25) is 9.69 Å². The number of hydrogen-bond acceptors (Lipinski definition) is 3. The van der Waals surface area contributed by atoms with Crippen LogP contribution in [0.25, 0.3) is 0 Å². The average molecular weight is 341 g/mol. The largest absolute Gasteiger partial charge is 0.446 e. The van der Waals surface area contributed by atoms with E-state index >= 15 is 0 Å². The molecule has 23 heavy (non-hydrogen) atoms. The van der Waals surface area contributed by atoms with Gasteiger partial charge in [-0.25, -0.2) is 0 Å². The Morgan fingerprint density at radius 3 is 2.39 bits per heavy atom. The number of allylic oxidation sites excluding steroid dienone is 1. The summed E-state index contributed by atoms with van der Waals surface area (Å²) in [4.78, 5) is 13.9. The lowest BCUT2D eigenvalue weighted by atomic mass is 10.1. The van der Waals surface area contributed by atoms with E-state index < -0.39 is 5.51 Å². The normalized spacial score (nSPS) is 26.8. The van der Waals surface area contributed by atoms with Gasteiger partial charge in [0.2, 0.25) is 0 Å². The van der Waals surface area contributed by atoms with Gasteiger partial charge in [0.15, 0.2) is 5.78 Å². The number of hydrogen-bond donors (Lipinski definition) is 0. The van der Waals surface area contributed by atoms with E-state index in [-0.39, 0.29) is 22.4 Å². The van der Waals surface area contributed by atoms with Gasteiger partial charge in [0, 0.05) is 31.0 Å². The fraction of sp³-hybridized carbons (Fsp3) is 0.471. The van der Waals surface area contributed by atoms with E-state index in [9.17, 15) is 18.0 Å². The molecule has 1 unspecified atom stereocenters. The highest BCUT2D eigenvalue weighted by Gasteiger charge is 2.55. The van der Waals surface area contributed by atoms with Crippen LogP contribution in [0.4, 0.5) is 13.2 Å². The van der Waals surface area contributed by atoms with Crippen molar-refractivity contribution in [3.8, 4) is 0 Å². The molecular weight excluding hydrogens is 323 g/mol. The van der Waals surface area contributed by atoms with E-state index in [1.165, 1.54) is 18.2 Å². The molecule has 0 bridgehead atoms.